The van der Waals surface area contributed by atoms with E-state index in [1.54, 1.807) is 12.3 Å². The van der Waals surface area contributed by atoms with Crippen LogP contribution >= 0.6 is 23.4 Å². The van der Waals surface area contributed by atoms with Gasteiger partial charge in [-0.15, -0.1) is 0 Å². The average molecular weight is 415 g/mol. The second-order valence-corrected chi connectivity index (χ2v) is 8.59. The van der Waals surface area contributed by atoms with Gasteiger partial charge in [0.05, 0.1) is 4.90 Å². The Balaban J connectivity index is 1.74. The third-order valence-corrected chi connectivity index (χ3v) is 6.22. The maximum atomic E-state index is 12.6. The second kappa shape index (κ2) is 7.77. The van der Waals surface area contributed by atoms with Crippen molar-refractivity contribution in [2.75, 3.05) is 0 Å². The number of alkyl halides is 2. The minimum atomic E-state index is -4.57. The van der Waals surface area contributed by atoms with E-state index in [0.717, 1.165) is 16.4 Å². The molecule has 0 atom stereocenters. The molecule has 0 aliphatic carbocycles. The van der Waals surface area contributed by atoms with E-state index in [4.69, 9.17) is 11.6 Å². The Hall–Kier alpha value is -1.90. The van der Waals surface area contributed by atoms with Crippen LogP contribution in [0.2, 0.25) is 5.02 Å². The van der Waals surface area contributed by atoms with Crippen LogP contribution in [0, 0.1) is 0 Å². The third kappa shape index (κ3) is 4.08. The van der Waals surface area contributed by atoms with Crippen LogP contribution in [0.4, 0.5) is 8.78 Å². The topological polar surface area (TPSA) is 52.0 Å². The van der Waals surface area contributed by atoms with E-state index in [-0.39, 0.29) is 4.90 Å². The van der Waals surface area contributed by atoms with Crippen LogP contribution in [0.1, 0.15) is 5.56 Å². The first kappa shape index (κ1) is 18.9. The molecule has 26 heavy (non-hydrogen) atoms. The summed E-state index contributed by atoms with van der Waals surface area (Å²) in [6, 6.07) is 12.8. The average Bonchev–Trinajstić information content (AvgIpc) is 3.09. The van der Waals surface area contributed by atoms with E-state index >= 15 is 0 Å². The predicted octanol–water partition coefficient (Wildman–Crippen LogP) is 4.81. The molecule has 0 radical (unpaired) electrons. The lowest BCUT2D eigenvalue weighted by Gasteiger charge is -2.08. The number of halogens is 3. The summed E-state index contributed by atoms with van der Waals surface area (Å²) in [6.45, 7) is 0. The van der Waals surface area contributed by atoms with Gasteiger partial charge in [-0.25, -0.2) is 13.4 Å². The van der Waals surface area contributed by atoms with Crippen molar-refractivity contribution in [3.8, 4) is 5.69 Å². The largest absolute Gasteiger partial charge is 0.341 e. The summed E-state index contributed by atoms with van der Waals surface area (Å²) in [5.41, 5.74) is 1.67. The minimum Gasteiger partial charge on any atom is -0.295 e. The summed E-state index contributed by atoms with van der Waals surface area (Å²) in [5.74, 6) is -2.92. The molecule has 0 aliphatic rings. The Labute approximate surface area is 158 Å². The van der Waals surface area contributed by atoms with Crippen molar-refractivity contribution in [3.63, 3.8) is 0 Å². The van der Waals surface area contributed by atoms with Gasteiger partial charge >= 0.3 is 5.76 Å². The number of imidazole rings is 1. The molecule has 0 N–H and O–H groups in total. The van der Waals surface area contributed by atoms with Crippen LogP contribution in [0.25, 0.3) is 5.69 Å². The number of sulfone groups is 1. The van der Waals surface area contributed by atoms with E-state index in [0.29, 0.717) is 10.8 Å². The van der Waals surface area contributed by atoms with Crippen molar-refractivity contribution in [1.29, 1.82) is 0 Å². The molecular formula is C17H13ClF2N2O2S2. The van der Waals surface area contributed by atoms with Gasteiger partial charge in [-0.05, 0) is 35.9 Å². The van der Waals surface area contributed by atoms with E-state index < -0.39 is 15.6 Å². The second-order valence-electron chi connectivity index (χ2n) is 5.30. The smallest absolute Gasteiger partial charge is 0.295 e. The monoisotopic (exact) mass is 414 g/mol. The molecule has 9 heteroatoms. The molecular weight excluding hydrogens is 402 g/mol. The van der Waals surface area contributed by atoms with Crippen LogP contribution < -0.4 is 0 Å². The van der Waals surface area contributed by atoms with Gasteiger partial charge in [-0.1, -0.05) is 41.6 Å². The molecule has 3 aromatic rings. The first-order chi connectivity index (χ1) is 12.4. The molecule has 1 heterocycles. The van der Waals surface area contributed by atoms with Gasteiger partial charge in [0, 0.05) is 28.9 Å². The summed E-state index contributed by atoms with van der Waals surface area (Å²) in [5, 5.41) is 1.35. The quantitative estimate of drug-likeness (QED) is 0.543. The van der Waals surface area contributed by atoms with Gasteiger partial charge in [0.25, 0.3) is 0 Å². The third-order valence-electron chi connectivity index (χ3n) is 3.55. The Kier molecular flexibility index (Phi) is 5.64. The molecule has 2 aromatic carbocycles. The zero-order valence-electron chi connectivity index (χ0n) is 13.2. The number of thioether (sulfide) groups is 1. The van der Waals surface area contributed by atoms with Crippen molar-refractivity contribution < 1.29 is 17.2 Å². The summed E-state index contributed by atoms with van der Waals surface area (Å²) in [4.78, 5) is 3.92. The van der Waals surface area contributed by atoms with Crippen molar-refractivity contribution in [3.05, 3.63) is 71.5 Å². The van der Waals surface area contributed by atoms with E-state index in [1.807, 2.05) is 29.0 Å². The Morgan fingerprint density at radius 3 is 2.54 bits per heavy atom. The molecule has 0 bridgehead atoms. The molecule has 3 rings (SSSR count). The molecule has 4 nitrogen and oxygen atoms in total. The molecule has 0 saturated carbocycles. The Morgan fingerprint density at radius 2 is 1.88 bits per heavy atom. The van der Waals surface area contributed by atoms with Crippen LogP contribution in [-0.2, 0) is 15.6 Å². The van der Waals surface area contributed by atoms with Gasteiger partial charge in [-0.2, -0.15) is 8.78 Å². The van der Waals surface area contributed by atoms with E-state index in [2.05, 4.69) is 4.98 Å². The number of hydrogen-bond acceptors (Lipinski definition) is 4. The normalized spacial score (nSPS) is 11.8. The maximum Gasteiger partial charge on any atom is 0.341 e. The summed E-state index contributed by atoms with van der Waals surface area (Å²) >= 11 is 7.46. The highest BCUT2D eigenvalue weighted by molar-refractivity contribution is 7.98. The first-order valence-corrected chi connectivity index (χ1v) is 10.3. The SMILES string of the molecule is O=S(=O)(c1ccc(CSc2nccn2-c2cccc(Cl)c2)cc1)C(F)F. The lowest BCUT2D eigenvalue weighted by atomic mass is 10.2. The molecule has 0 unspecified atom stereocenters. The number of benzene rings is 2. The van der Waals surface area contributed by atoms with Crippen LogP contribution in [0.15, 0.2) is 71.0 Å². The van der Waals surface area contributed by atoms with E-state index in [9.17, 15) is 17.2 Å². The lowest BCUT2D eigenvalue weighted by molar-refractivity contribution is 0.234. The summed E-state index contributed by atoms with van der Waals surface area (Å²) < 4.78 is 49.9. The Bertz CT molecular complexity index is 1010. The first-order valence-electron chi connectivity index (χ1n) is 7.41. The van der Waals surface area contributed by atoms with Gasteiger partial charge in [0.1, 0.15) is 0 Å². The van der Waals surface area contributed by atoms with Crippen molar-refractivity contribution in [2.24, 2.45) is 0 Å². The highest BCUT2D eigenvalue weighted by Gasteiger charge is 2.26. The van der Waals surface area contributed by atoms with Crippen molar-refractivity contribution in [1.82, 2.24) is 9.55 Å². The molecule has 0 saturated heterocycles. The van der Waals surface area contributed by atoms with Gasteiger partial charge in [-0.3, -0.25) is 4.57 Å². The standard InChI is InChI=1S/C17H13ClF2N2O2S2/c18-13-2-1-3-14(10-13)22-9-8-21-17(22)25-11-12-4-6-15(7-5-12)26(23,24)16(19)20/h1-10,16H,11H2. The highest BCUT2D eigenvalue weighted by Crippen LogP contribution is 2.26. The van der Waals surface area contributed by atoms with Crippen molar-refractivity contribution in [2.45, 2.75) is 21.6 Å². The zero-order chi connectivity index (χ0) is 18.7. The number of nitrogens with zero attached hydrogens (tertiary/aromatic N) is 2. The zero-order valence-corrected chi connectivity index (χ0v) is 15.6. The Morgan fingerprint density at radius 1 is 1.15 bits per heavy atom. The number of aromatic nitrogens is 2. The van der Waals surface area contributed by atoms with Gasteiger partial charge < -0.3 is 0 Å². The summed E-state index contributed by atoms with van der Waals surface area (Å²) in [7, 11) is -4.57. The van der Waals surface area contributed by atoms with Gasteiger partial charge in [0.2, 0.25) is 9.84 Å². The predicted molar refractivity (Wildman–Crippen MR) is 97.8 cm³/mol. The molecule has 136 valence electrons. The number of hydrogen-bond donors (Lipinski definition) is 0. The van der Waals surface area contributed by atoms with Gasteiger partial charge in [0.15, 0.2) is 5.16 Å². The fourth-order valence-corrected chi connectivity index (χ4v) is 4.08. The van der Waals surface area contributed by atoms with Crippen LogP contribution in [0.5, 0.6) is 0 Å². The molecule has 0 spiro atoms. The van der Waals surface area contributed by atoms with Crippen LogP contribution in [-0.4, -0.2) is 23.7 Å². The fraction of sp³-hybridized carbons (Fsp3) is 0.118. The highest BCUT2D eigenvalue weighted by atomic mass is 35.5. The maximum absolute atomic E-state index is 12.6. The van der Waals surface area contributed by atoms with E-state index in [1.165, 1.54) is 36.0 Å². The number of rotatable bonds is 6. The fourth-order valence-electron chi connectivity index (χ4n) is 2.25. The lowest BCUT2D eigenvalue weighted by Crippen LogP contribution is -2.11. The molecule has 0 amide bonds. The molecule has 0 aliphatic heterocycles. The molecule has 0 fully saturated rings. The summed E-state index contributed by atoms with van der Waals surface area (Å²) in [6.07, 6.45) is 3.48. The van der Waals surface area contributed by atoms with Crippen molar-refractivity contribution >= 4 is 33.2 Å². The molecule has 1 aromatic heterocycles. The minimum absolute atomic E-state index is 0.387. The van der Waals surface area contributed by atoms with Crippen LogP contribution in [0.3, 0.4) is 0 Å².